The number of anilines is 1. The highest BCUT2D eigenvalue weighted by Crippen LogP contribution is 1.98. The molecule has 0 aliphatic heterocycles. The minimum absolute atomic E-state index is 0.552. The Morgan fingerprint density at radius 1 is 1.23 bits per heavy atom. The lowest BCUT2D eigenvalue weighted by Crippen LogP contribution is -2.16. The zero-order valence-corrected chi connectivity index (χ0v) is 9.13. The Morgan fingerprint density at radius 3 is 2.23 bits per heavy atom. The minimum Gasteiger partial charge on any atom is -0.396 e. The predicted molar refractivity (Wildman–Crippen MR) is 56.7 cm³/mol. The van der Waals surface area contributed by atoms with Gasteiger partial charge in [0.25, 0.3) is 0 Å². The van der Waals surface area contributed by atoms with Crippen molar-refractivity contribution in [2.75, 3.05) is 5.73 Å². The highest BCUT2D eigenvalue weighted by Gasteiger charge is 2.07. The average molecular weight is 191 g/mol. The molecule has 0 unspecified atom stereocenters. The lowest BCUT2D eigenvalue weighted by Gasteiger charge is -2.02. The van der Waals surface area contributed by atoms with Gasteiger partial charge in [-0.05, 0) is 5.92 Å². The van der Waals surface area contributed by atoms with Crippen molar-refractivity contribution in [2.24, 2.45) is 0 Å². The maximum absolute atomic E-state index is 5.44. The molecule has 0 aromatic carbocycles. The molecule has 0 saturated carbocycles. The second-order valence-corrected chi connectivity index (χ2v) is 8.59. The number of rotatable bonds is 0. The maximum Gasteiger partial charge on any atom is 0.204 e. The van der Waals surface area contributed by atoms with Crippen LogP contribution in [-0.2, 0) is 0 Å². The summed E-state index contributed by atoms with van der Waals surface area (Å²) in [6.07, 6.45) is 3.14. The van der Waals surface area contributed by atoms with E-state index in [-0.39, 0.29) is 0 Å². The molecule has 13 heavy (non-hydrogen) atoms. The Labute approximate surface area is 79.4 Å². The summed E-state index contributed by atoms with van der Waals surface area (Å²) in [4.78, 5) is 7.99. The van der Waals surface area contributed by atoms with Crippen LogP contribution < -0.4 is 5.73 Å². The van der Waals surface area contributed by atoms with Crippen LogP contribution in [-0.4, -0.2) is 18.0 Å². The molecule has 0 amide bonds. The van der Waals surface area contributed by atoms with Crippen molar-refractivity contribution in [2.45, 2.75) is 19.6 Å². The van der Waals surface area contributed by atoms with Gasteiger partial charge in [0.15, 0.2) is 0 Å². The fourth-order valence-corrected chi connectivity index (χ4v) is 1.13. The largest absolute Gasteiger partial charge is 0.396 e. The van der Waals surface area contributed by atoms with E-state index in [1.165, 1.54) is 0 Å². The quantitative estimate of drug-likeness (QED) is 0.496. The molecule has 0 atom stereocenters. The fraction of sp³-hybridized carbons (Fsp3) is 0.333. The summed E-state index contributed by atoms with van der Waals surface area (Å²) in [7, 11) is -1.33. The van der Waals surface area contributed by atoms with E-state index in [0.29, 0.717) is 11.5 Å². The van der Waals surface area contributed by atoms with E-state index >= 15 is 0 Å². The van der Waals surface area contributed by atoms with Gasteiger partial charge in [0.1, 0.15) is 8.07 Å². The molecule has 0 aliphatic rings. The van der Waals surface area contributed by atoms with Crippen LogP contribution in [0.4, 0.5) is 5.69 Å². The Morgan fingerprint density at radius 2 is 1.77 bits per heavy atom. The second-order valence-electron chi connectivity index (χ2n) is 3.84. The number of nitrogens with zero attached hydrogens (tertiary/aromatic N) is 2. The third-order valence-electron chi connectivity index (χ3n) is 1.22. The van der Waals surface area contributed by atoms with Crippen LogP contribution in [0.3, 0.4) is 0 Å². The Hall–Kier alpha value is -1.34. The molecule has 2 N–H and O–H groups in total. The molecule has 3 nitrogen and oxygen atoms in total. The number of hydrogen-bond donors (Lipinski definition) is 1. The summed E-state index contributed by atoms with van der Waals surface area (Å²) in [6, 6.07) is 0. The molecule has 0 aliphatic carbocycles. The third kappa shape index (κ3) is 3.72. The number of hydrogen-bond acceptors (Lipinski definition) is 3. The van der Waals surface area contributed by atoms with Crippen LogP contribution >= 0.6 is 0 Å². The van der Waals surface area contributed by atoms with E-state index in [1.54, 1.807) is 12.4 Å². The monoisotopic (exact) mass is 191 g/mol. The first-order valence-corrected chi connectivity index (χ1v) is 7.58. The first-order chi connectivity index (χ1) is 5.97. The molecule has 0 bridgehead atoms. The van der Waals surface area contributed by atoms with Gasteiger partial charge in [-0.2, -0.15) is 0 Å². The van der Waals surface area contributed by atoms with Gasteiger partial charge in [0.05, 0.1) is 18.1 Å². The molecule has 1 rings (SSSR count). The van der Waals surface area contributed by atoms with Crippen molar-refractivity contribution in [3.05, 3.63) is 18.2 Å². The van der Waals surface area contributed by atoms with Crippen molar-refractivity contribution < 1.29 is 0 Å². The van der Waals surface area contributed by atoms with Crippen molar-refractivity contribution in [1.82, 2.24) is 9.97 Å². The van der Waals surface area contributed by atoms with E-state index in [1.807, 2.05) is 0 Å². The highest BCUT2D eigenvalue weighted by atomic mass is 28.3. The first-order valence-electron chi connectivity index (χ1n) is 4.08. The van der Waals surface area contributed by atoms with Crippen LogP contribution in [0.1, 0.15) is 5.82 Å². The molecular formula is C9H13N3Si. The van der Waals surface area contributed by atoms with Gasteiger partial charge in [-0.15, -0.1) is 5.54 Å². The van der Waals surface area contributed by atoms with Crippen LogP contribution in [0.25, 0.3) is 0 Å². The lowest BCUT2D eigenvalue weighted by atomic mass is 10.5. The summed E-state index contributed by atoms with van der Waals surface area (Å²) in [5.74, 6) is 3.50. The number of aromatic nitrogens is 2. The maximum atomic E-state index is 5.44. The number of nitrogen functional groups attached to an aromatic ring is 1. The predicted octanol–water partition coefficient (Wildman–Crippen LogP) is 1.29. The first kappa shape index (κ1) is 9.74. The van der Waals surface area contributed by atoms with Crippen LogP contribution in [0.15, 0.2) is 12.4 Å². The van der Waals surface area contributed by atoms with E-state index in [2.05, 4.69) is 41.1 Å². The Kier molecular flexibility index (Phi) is 2.68. The topological polar surface area (TPSA) is 51.8 Å². The van der Waals surface area contributed by atoms with Gasteiger partial charge in [-0.25, -0.2) is 9.97 Å². The van der Waals surface area contributed by atoms with E-state index < -0.39 is 8.07 Å². The molecule has 0 fully saturated rings. The van der Waals surface area contributed by atoms with Gasteiger partial charge in [-0.1, -0.05) is 19.6 Å². The standard InChI is InChI=1S/C9H13N3Si/c1-13(2,3)5-4-9-11-6-8(10)7-12-9/h6-7H,10H2,1-3H3. The van der Waals surface area contributed by atoms with E-state index in [4.69, 9.17) is 5.73 Å². The van der Waals surface area contributed by atoms with Gasteiger partial charge >= 0.3 is 0 Å². The van der Waals surface area contributed by atoms with E-state index in [0.717, 1.165) is 0 Å². The molecule has 68 valence electrons. The van der Waals surface area contributed by atoms with Crippen LogP contribution in [0.5, 0.6) is 0 Å². The molecule has 0 spiro atoms. The molecule has 0 saturated heterocycles. The van der Waals surface area contributed by atoms with Gasteiger partial charge < -0.3 is 5.73 Å². The third-order valence-corrected chi connectivity index (χ3v) is 2.10. The van der Waals surface area contributed by atoms with Gasteiger partial charge in [0.2, 0.25) is 5.82 Å². The zero-order chi connectivity index (χ0) is 9.90. The van der Waals surface area contributed by atoms with Gasteiger partial charge in [-0.3, -0.25) is 0 Å². The Bertz CT molecular complexity index is 340. The fourth-order valence-electron chi connectivity index (χ4n) is 0.646. The summed E-state index contributed by atoms with van der Waals surface area (Å²) < 4.78 is 0. The summed E-state index contributed by atoms with van der Waals surface area (Å²) in [6.45, 7) is 6.53. The van der Waals surface area contributed by atoms with Crippen LogP contribution in [0, 0.1) is 11.5 Å². The second kappa shape index (κ2) is 3.58. The summed E-state index contributed by atoms with van der Waals surface area (Å²) in [5, 5.41) is 0. The Balaban J connectivity index is 2.85. The minimum atomic E-state index is -1.33. The summed E-state index contributed by atoms with van der Waals surface area (Å²) in [5.41, 5.74) is 9.19. The van der Waals surface area contributed by atoms with Crippen molar-refractivity contribution in [3.8, 4) is 11.5 Å². The highest BCUT2D eigenvalue weighted by molar-refractivity contribution is 6.83. The number of nitrogens with two attached hydrogens (primary N) is 1. The smallest absolute Gasteiger partial charge is 0.204 e. The van der Waals surface area contributed by atoms with E-state index in [9.17, 15) is 0 Å². The summed E-state index contributed by atoms with van der Waals surface area (Å²) >= 11 is 0. The van der Waals surface area contributed by atoms with Crippen molar-refractivity contribution >= 4 is 13.8 Å². The van der Waals surface area contributed by atoms with Crippen molar-refractivity contribution in [1.29, 1.82) is 0 Å². The lowest BCUT2D eigenvalue weighted by molar-refractivity contribution is 1.13. The zero-order valence-electron chi connectivity index (χ0n) is 8.13. The molecule has 1 aromatic heterocycles. The molecule has 1 aromatic rings. The molecular weight excluding hydrogens is 178 g/mol. The molecule has 1 heterocycles. The molecule has 0 radical (unpaired) electrons. The SMILES string of the molecule is C[Si](C)(C)C#Cc1ncc(N)cn1. The average Bonchev–Trinajstić information content (AvgIpc) is 2.02. The van der Waals surface area contributed by atoms with Gasteiger partial charge in [0, 0.05) is 0 Å². The van der Waals surface area contributed by atoms with Crippen LogP contribution in [0.2, 0.25) is 19.6 Å². The molecule has 4 heteroatoms. The van der Waals surface area contributed by atoms with Crippen molar-refractivity contribution in [3.63, 3.8) is 0 Å². The normalized spacial score (nSPS) is 10.4.